The smallest absolute Gasteiger partial charge is 0.238 e. The highest BCUT2D eigenvalue weighted by Crippen LogP contribution is 2.43. The Hall–Kier alpha value is -10.2. The second-order valence-electron chi connectivity index (χ2n) is 18.3. The first-order valence-electron chi connectivity index (χ1n) is 24.7. The molecule has 0 saturated carbocycles. The van der Waals surface area contributed by atoms with Crippen molar-refractivity contribution in [1.29, 1.82) is 0 Å². The van der Waals surface area contributed by atoms with Gasteiger partial charge in [0.2, 0.25) is 5.95 Å². The summed E-state index contributed by atoms with van der Waals surface area (Å²) < 4.78 is 4.61. The van der Waals surface area contributed by atoms with Crippen LogP contribution in [0.5, 0.6) is 0 Å². The van der Waals surface area contributed by atoms with E-state index < -0.39 is 0 Å². The molecule has 0 fully saturated rings. The standard InChI is InChI=1S/C66H42N8/c1-5-21-43(22-6-1)47-29-19-31-49(41-47)63-68-64(50-32-20-30-48(42-50)44-23-7-2-8-24-44)70-65(69-63)55-35-15-18-38-58(55)73-56-36-16-13-33-51(56)53-39-40-54-52-34-14-17-37-57(52)74(60(54)59(53)73)66-71-61(45-25-9-3-10-26-45)67-62(72-66)46-27-11-4-12-28-46/h1-42H. The average molecular weight is 947 g/mol. The van der Waals surface area contributed by atoms with E-state index in [0.717, 1.165) is 99.4 Å². The molecule has 0 atom stereocenters. The minimum Gasteiger partial charge on any atom is -0.306 e. The molecule has 0 aliphatic carbocycles. The summed E-state index contributed by atoms with van der Waals surface area (Å²) in [5.74, 6) is 3.39. The summed E-state index contributed by atoms with van der Waals surface area (Å²) >= 11 is 0. The van der Waals surface area contributed by atoms with Gasteiger partial charge in [-0.2, -0.15) is 9.97 Å². The van der Waals surface area contributed by atoms with Crippen LogP contribution in [0.15, 0.2) is 255 Å². The largest absolute Gasteiger partial charge is 0.306 e. The van der Waals surface area contributed by atoms with Crippen LogP contribution in [0, 0.1) is 0 Å². The maximum Gasteiger partial charge on any atom is 0.238 e. The number of benzene rings is 10. The third kappa shape index (κ3) is 7.40. The van der Waals surface area contributed by atoms with Crippen LogP contribution in [-0.2, 0) is 0 Å². The predicted molar refractivity (Wildman–Crippen MR) is 300 cm³/mol. The van der Waals surface area contributed by atoms with E-state index in [0.29, 0.717) is 35.1 Å². The van der Waals surface area contributed by atoms with Crippen LogP contribution in [-0.4, -0.2) is 39.0 Å². The minimum absolute atomic E-state index is 0.517. The SMILES string of the molecule is c1ccc(-c2cccc(-c3nc(-c4cccc(-c5ccccc5)c4)nc(-c4ccccc4-n4c5ccccc5c5ccc6c7ccccc7n(-c7nc(-c8ccccc8)nc(-c8ccccc8)n7)c6c54)n3)c2)cc1. The van der Waals surface area contributed by atoms with E-state index in [1.54, 1.807) is 0 Å². The number of nitrogens with zero attached hydrogens (tertiary/aromatic N) is 8. The van der Waals surface area contributed by atoms with Gasteiger partial charge in [-0.1, -0.05) is 218 Å². The maximum absolute atomic E-state index is 5.42. The quantitative estimate of drug-likeness (QED) is 0.143. The number of rotatable bonds is 9. The molecular formula is C66H42N8. The number of fused-ring (bicyclic) bond motifs is 7. The highest BCUT2D eigenvalue weighted by molar-refractivity contribution is 6.24. The zero-order valence-corrected chi connectivity index (χ0v) is 39.8. The van der Waals surface area contributed by atoms with E-state index in [2.05, 4.69) is 191 Å². The number of hydrogen-bond acceptors (Lipinski definition) is 6. The molecule has 8 nitrogen and oxygen atoms in total. The molecule has 0 N–H and O–H groups in total. The van der Waals surface area contributed by atoms with Crippen molar-refractivity contribution in [3.05, 3.63) is 255 Å². The van der Waals surface area contributed by atoms with E-state index in [1.165, 1.54) is 0 Å². The highest BCUT2D eigenvalue weighted by atomic mass is 15.2. The Bertz CT molecular complexity index is 4260. The molecule has 0 bridgehead atoms. The third-order valence-electron chi connectivity index (χ3n) is 13.8. The molecule has 74 heavy (non-hydrogen) atoms. The summed E-state index contributed by atoms with van der Waals surface area (Å²) in [7, 11) is 0. The Morgan fingerprint density at radius 3 is 1.11 bits per heavy atom. The van der Waals surface area contributed by atoms with E-state index in [4.69, 9.17) is 29.9 Å². The van der Waals surface area contributed by atoms with Crippen molar-refractivity contribution in [3.63, 3.8) is 0 Å². The number of para-hydroxylation sites is 3. The van der Waals surface area contributed by atoms with Gasteiger partial charge in [0, 0.05) is 49.4 Å². The van der Waals surface area contributed by atoms with E-state index in [-0.39, 0.29) is 0 Å². The van der Waals surface area contributed by atoms with Crippen LogP contribution < -0.4 is 0 Å². The van der Waals surface area contributed by atoms with E-state index >= 15 is 0 Å². The molecule has 0 amide bonds. The minimum atomic E-state index is 0.517. The molecule has 0 unspecified atom stereocenters. The van der Waals surface area contributed by atoms with Gasteiger partial charge in [-0.15, -0.1) is 0 Å². The lowest BCUT2D eigenvalue weighted by Gasteiger charge is -2.16. The molecule has 0 saturated heterocycles. The van der Waals surface area contributed by atoms with E-state index in [9.17, 15) is 0 Å². The van der Waals surface area contributed by atoms with Gasteiger partial charge in [0.25, 0.3) is 0 Å². The van der Waals surface area contributed by atoms with Crippen LogP contribution >= 0.6 is 0 Å². The van der Waals surface area contributed by atoms with Crippen molar-refractivity contribution in [1.82, 2.24) is 39.0 Å². The average Bonchev–Trinajstić information content (AvgIpc) is 4.07. The summed E-state index contributed by atoms with van der Waals surface area (Å²) in [6, 6.07) is 88.1. The van der Waals surface area contributed by atoms with Gasteiger partial charge < -0.3 is 4.57 Å². The summed E-state index contributed by atoms with van der Waals surface area (Å²) in [4.78, 5) is 31.9. The van der Waals surface area contributed by atoms with Crippen LogP contribution in [0.3, 0.4) is 0 Å². The first kappa shape index (κ1) is 42.7. The van der Waals surface area contributed by atoms with Crippen molar-refractivity contribution in [3.8, 4) is 90.8 Å². The normalized spacial score (nSPS) is 11.5. The van der Waals surface area contributed by atoms with Crippen LogP contribution in [0.4, 0.5) is 0 Å². The fraction of sp³-hybridized carbons (Fsp3) is 0. The zero-order valence-electron chi connectivity index (χ0n) is 39.8. The Labute approximate surface area is 426 Å². The summed E-state index contributed by atoms with van der Waals surface area (Å²) in [6.07, 6.45) is 0. The second kappa shape index (κ2) is 17.9. The van der Waals surface area contributed by atoms with Gasteiger partial charge in [-0.3, -0.25) is 4.57 Å². The van der Waals surface area contributed by atoms with Gasteiger partial charge in [0.15, 0.2) is 29.1 Å². The lowest BCUT2D eigenvalue weighted by molar-refractivity contribution is 0.953. The van der Waals surface area contributed by atoms with Crippen LogP contribution in [0.2, 0.25) is 0 Å². The zero-order chi connectivity index (χ0) is 49.0. The highest BCUT2D eigenvalue weighted by Gasteiger charge is 2.25. The monoisotopic (exact) mass is 946 g/mol. The van der Waals surface area contributed by atoms with Crippen LogP contribution in [0.1, 0.15) is 0 Å². The van der Waals surface area contributed by atoms with Crippen molar-refractivity contribution >= 4 is 43.6 Å². The molecule has 4 heterocycles. The van der Waals surface area contributed by atoms with Gasteiger partial charge >= 0.3 is 0 Å². The summed E-state index contributed by atoms with van der Waals surface area (Å²) in [6.45, 7) is 0. The predicted octanol–water partition coefficient (Wildman–Crippen LogP) is 15.9. The van der Waals surface area contributed by atoms with Gasteiger partial charge in [0.05, 0.1) is 27.8 Å². The Morgan fingerprint density at radius 2 is 0.595 bits per heavy atom. The Morgan fingerprint density at radius 1 is 0.230 bits per heavy atom. The molecule has 0 spiro atoms. The maximum atomic E-state index is 5.42. The Balaban J connectivity index is 1.05. The Kier molecular flexibility index (Phi) is 10.3. The molecule has 346 valence electrons. The topological polar surface area (TPSA) is 87.2 Å². The lowest BCUT2D eigenvalue weighted by Crippen LogP contribution is -2.07. The first-order valence-corrected chi connectivity index (χ1v) is 24.7. The number of hydrogen-bond donors (Lipinski definition) is 0. The first-order chi connectivity index (χ1) is 36.7. The summed E-state index contributed by atoms with van der Waals surface area (Å²) in [5, 5.41) is 4.34. The molecule has 14 rings (SSSR count). The van der Waals surface area contributed by atoms with Crippen molar-refractivity contribution in [2.75, 3.05) is 0 Å². The fourth-order valence-electron chi connectivity index (χ4n) is 10.4. The molecule has 0 aliphatic heterocycles. The van der Waals surface area contributed by atoms with Crippen LogP contribution in [0.25, 0.3) is 134 Å². The van der Waals surface area contributed by atoms with Crippen molar-refractivity contribution in [2.45, 2.75) is 0 Å². The van der Waals surface area contributed by atoms with Gasteiger partial charge in [-0.05, 0) is 58.7 Å². The lowest BCUT2D eigenvalue weighted by atomic mass is 10.0. The van der Waals surface area contributed by atoms with Gasteiger partial charge in [0.1, 0.15) is 0 Å². The second-order valence-corrected chi connectivity index (χ2v) is 18.3. The van der Waals surface area contributed by atoms with Crippen molar-refractivity contribution in [2.24, 2.45) is 0 Å². The molecule has 14 aromatic rings. The van der Waals surface area contributed by atoms with Crippen molar-refractivity contribution < 1.29 is 0 Å². The molecule has 4 aromatic heterocycles. The third-order valence-corrected chi connectivity index (χ3v) is 13.8. The number of aromatic nitrogens is 8. The molecule has 0 radical (unpaired) electrons. The molecular weight excluding hydrogens is 905 g/mol. The van der Waals surface area contributed by atoms with Gasteiger partial charge in [-0.25, -0.2) is 19.9 Å². The van der Waals surface area contributed by atoms with E-state index in [1.807, 2.05) is 72.8 Å². The summed E-state index contributed by atoms with van der Waals surface area (Å²) in [5.41, 5.74) is 13.7. The molecule has 0 aliphatic rings. The molecule has 8 heteroatoms. The fourth-order valence-corrected chi connectivity index (χ4v) is 10.4. The molecule has 10 aromatic carbocycles.